The summed E-state index contributed by atoms with van der Waals surface area (Å²) >= 11 is 0. The number of aryl methyl sites for hydroxylation is 1. The molecule has 24 heavy (non-hydrogen) atoms. The molecule has 1 aliphatic heterocycles. The molecule has 4 nitrogen and oxygen atoms in total. The van der Waals surface area contributed by atoms with Gasteiger partial charge < -0.3 is 9.64 Å². The standard InChI is InChI=1S/C20H21N3O/c1-15-13-20(18-7-10-21-14-19(18)22-15)23-11-8-17(9-12-23)24-16-5-3-2-4-6-16/h2-7,10,13-14,17H,8-9,11-12H2,1H3. The minimum absolute atomic E-state index is 0.291. The monoisotopic (exact) mass is 319 g/mol. The average Bonchev–Trinajstić information content (AvgIpc) is 2.62. The second-order valence-electron chi connectivity index (χ2n) is 6.29. The van der Waals surface area contributed by atoms with Crippen LogP contribution in [0, 0.1) is 6.92 Å². The summed E-state index contributed by atoms with van der Waals surface area (Å²) in [6.45, 7) is 4.04. The molecule has 0 amide bonds. The maximum absolute atomic E-state index is 6.10. The Kier molecular flexibility index (Phi) is 4.03. The molecule has 4 heteroatoms. The highest BCUT2D eigenvalue weighted by atomic mass is 16.5. The summed E-state index contributed by atoms with van der Waals surface area (Å²) in [5.74, 6) is 0.965. The van der Waals surface area contributed by atoms with Crippen LogP contribution in [-0.2, 0) is 0 Å². The van der Waals surface area contributed by atoms with Crippen molar-refractivity contribution in [3.8, 4) is 5.75 Å². The van der Waals surface area contributed by atoms with Crippen molar-refractivity contribution in [1.29, 1.82) is 0 Å². The summed E-state index contributed by atoms with van der Waals surface area (Å²) in [6, 6.07) is 14.3. The van der Waals surface area contributed by atoms with E-state index in [1.165, 1.54) is 11.1 Å². The lowest BCUT2D eigenvalue weighted by Gasteiger charge is -2.34. The van der Waals surface area contributed by atoms with Crippen molar-refractivity contribution in [1.82, 2.24) is 9.97 Å². The molecule has 4 rings (SSSR count). The molecule has 0 aliphatic carbocycles. The molecule has 3 heterocycles. The van der Waals surface area contributed by atoms with Crippen LogP contribution in [0.25, 0.3) is 10.9 Å². The van der Waals surface area contributed by atoms with E-state index in [1.807, 2.05) is 49.6 Å². The third-order valence-electron chi connectivity index (χ3n) is 4.55. The van der Waals surface area contributed by atoms with E-state index in [0.717, 1.165) is 42.9 Å². The first-order valence-electron chi connectivity index (χ1n) is 8.47. The summed E-state index contributed by atoms with van der Waals surface area (Å²) < 4.78 is 6.10. The van der Waals surface area contributed by atoms with E-state index >= 15 is 0 Å². The first-order chi connectivity index (χ1) is 11.8. The quantitative estimate of drug-likeness (QED) is 0.732. The van der Waals surface area contributed by atoms with E-state index < -0.39 is 0 Å². The average molecular weight is 319 g/mol. The van der Waals surface area contributed by atoms with Crippen LogP contribution in [0.15, 0.2) is 54.9 Å². The van der Waals surface area contributed by atoms with Gasteiger partial charge in [0.2, 0.25) is 0 Å². The zero-order valence-corrected chi connectivity index (χ0v) is 13.9. The summed E-state index contributed by atoms with van der Waals surface area (Å²) in [6.07, 6.45) is 6.04. The van der Waals surface area contributed by atoms with Crippen LogP contribution in [0.3, 0.4) is 0 Å². The number of anilines is 1. The van der Waals surface area contributed by atoms with Gasteiger partial charge in [0, 0.05) is 48.9 Å². The molecule has 0 saturated carbocycles. The van der Waals surface area contributed by atoms with Crippen LogP contribution < -0.4 is 9.64 Å². The molecule has 0 bridgehead atoms. The maximum atomic E-state index is 6.10. The SMILES string of the molecule is Cc1cc(N2CCC(Oc3ccccc3)CC2)c2ccncc2n1. The molecule has 3 aromatic rings. The lowest BCUT2D eigenvalue weighted by Crippen LogP contribution is -2.38. The molecule has 0 N–H and O–H groups in total. The Labute approximate surface area is 142 Å². The number of benzene rings is 1. The number of para-hydroxylation sites is 1. The lowest BCUT2D eigenvalue weighted by molar-refractivity contribution is 0.171. The van der Waals surface area contributed by atoms with Gasteiger partial charge >= 0.3 is 0 Å². The third-order valence-corrected chi connectivity index (χ3v) is 4.55. The Morgan fingerprint density at radius 3 is 2.67 bits per heavy atom. The second kappa shape index (κ2) is 6.48. The van der Waals surface area contributed by atoms with Gasteiger partial charge in [0.15, 0.2) is 0 Å². The van der Waals surface area contributed by atoms with E-state index in [1.54, 1.807) is 0 Å². The van der Waals surface area contributed by atoms with Gasteiger partial charge in [-0.25, -0.2) is 0 Å². The zero-order chi connectivity index (χ0) is 16.4. The Morgan fingerprint density at radius 2 is 1.88 bits per heavy atom. The molecule has 1 fully saturated rings. The molecule has 122 valence electrons. The highest BCUT2D eigenvalue weighted by molar-refractivity contribution is 5.91. The van der Waals surface area contributed by atoms with E-state index in [9.17, 15) is 0 Å². The van der Waals surface area contributed by atoms with Crippen LogP contribution in [0.4, 0.5) is 5.69 Å². The molecule has 2 aromatic heterocycles. The van der Waals surface area contributed by atoms with E-state index in [4.69, 9.17) is 4.74 Å². The third kappa shape index (κ3) is 3.04. The number of rotatable bonds is 3. The van der Waals surface area contributed by atoms with Crippen molar-refractivity contribution >= 4 is 16.6 Å². The van der Waals surface area contributed by atoms with Gasteiger partial charge in [-0.1, -0.05) is 18.2 Å². The van der Waals surface area contributed by atoms with Gasteiger partial charge in [-0.3, -0.25) is 9.97 Å². The number of hydrogen-bond donors (Lipinski definition) is 0. The van der Waals surface area contributed by atoms with Crippen LogP contribution in [0.5, 0.6) is 5.75 Å². The van der Waals surface area contributed by atoms with Gasteiger partial charge in [0.25, 0.3) is 0 Å². The smallest absolute Gasteiger partial charge is 0.119 e. The largest absolute Gasteiger partial charge is 0.490 e. The van der Waals surface area contributed by atoms with Crippen molar-refractivity contribution < 1.29 is 4.74 Å². The second-order valence-corrected chi connectivity index (χ2v) is 6.29. The summed E-state index contributed by atoms with van der Waals surface area (Å²) in [4.78, 5) is 11.2. The van der Waals surface area contributed by atoms with Gasteiger partial charge in [-0.2, -0.15) is 0 Å². The number of fused-ring (bicyclic) bond motifs is 1. The van der Waals surface area contributed by atoms with Crippen molar-refractivity contribution in [3.63, 3.8) is 0 Å². The van der Waals surface area contributed by atoms with Crippen LogP contribution in [-0.4, -0.2) is 29.2 Å². The van der Waals surface area contributed by atoms with Gasteiger partial charge in [0.05, 0.1) is 11.7 Å². The highest BCUT2D eigenvalue weighted by Gasteiger charge is 2.22. The first kappa shape index (κ1) is 14.9. The Balaban J connectivity index is 1.50. The fourth-order valence-corrected chi connectivity index (χ4v) is 3.36. The number of aromatic nitrogens is 2. The molecule has 0 radical (unpaired) electrons. The van der Waals surface area contributed by atoms with Crippen molar-refractivity contribution in [3.05, 3.63) is 60.6 Å². The number of nitrogens with zero attached hydrogens (tertiary/aromatic N) is 3. The predicted molar refractivity (Wildman–Crippen MR) is 96.6 cm³/mol. The normalized spacial score (nSPS) is 15.6. The van der Waals surface area contributed by atoms with Gasteiger partial charge in [-0.05, 0) is 31.2 Å². The Bertz CT molecular complexity index is 827. The maximum Gasteiger partial charge on any atom is 0.119 e. The lowest BCUT2D eigenvalue weighted by atomic mass is 10.1. The number of ether oxygens (including phenoxy) is 1. The Morgan fingerprint density at radius 1 is 1.08 bits per heavy atom. The molecule has 1 aromatic carbocycles. The molecule has 1 aliphatic rings. The van der Waals surface area contributed by atoms with Gasteiger partial charge in [-0.15, -0.1) is 0 Å². The van der Waals surface area contributed by atoms with Crippen molar-refractivity contribution in [2.24, 2.45) is 0 Å². The number of pyridine rings is 2. The topological polar surface area (TPSA) is 38.2 Å². The van der Waals surface area contributed by atoms with Gasteiger partial charge in [0.1, 0.15) is 11.9 Å². The molecular formula is C20H21N3O. The zero-order valence-electron chi connectivity index (χ0n) is 13.9. The number of hydrogen-bond acceptors (Lipinski definition) is 4. The fraction of sp³-hybridized carbons (Fsp3) is 0.300. The van der Waals surface area contributed by atoms with E-state index in [-0.39, 0.29) is 0 Å². The predicted octanol–water partition coefficient (Wildman–Crippen LogP) is 3.99. The molecular weight excluding hydrogens is 298 g/mol. The molecule has 1 saturated heterocycles. The van der Waals surface area contributed by atoms with Crippen LogP contribution >= 0.6 is 0 Å². The molecule has 0 unspecified atom stereocenters. The molecule has 0 atom stereocenters. The van der Waals surface area contributed by atoms with Crippen molar-refractivity contribution in [2.75, 3.05) is 18.0 Å². The summed E-state index contributed by atoms with van der Waals surface area (Å²) in [5.41, 5.74) is 3.27. The molecule has 0 spiro atoms. The minimum atomic E-state index is 0.291. The van der Waals surface area contributed by atoms with Crippen LogP contribution in [0.2, 0.25) is 0 Å². The highest BCUT2D eigenvalue weighted by Crippen LogP contribution is 2.29. The Hall–Kier alpha value is -2.62. The van der Waals surface area contributed by atoms with E-state index in [0.29, 0.717) is 6.10 Å². The fourth-order valence-electron chi connectivity index (χ4n) is 3.36. The summed E-state index contributed by atoms with van der Waals surface area (Å²) in [5, 5.41) is 1.18. The van der Waals surface area contributed by atoms with Crippen LogP contribution in [0.1, 0.15) is 18.5 Å². The van der Waals surface area contributed by atoms with E-state index in [2.05, 4.69) is 27.0 Å². The number of piperidine rings is 1. The summed E-state index contributed by atoms with van der Waals surface area (Å²) in [7, 11) is 0. The minimum Gasteiger partial charge on any atom is -0.490 e. The van der Waals surface area contributed by atoms with Crippen molar-refractivity contribution in [2.45, 2.75) is 25.9 Å². The first-order valence-corrected chi connectivity index (χ1v) is 8.47.